The van der Waals surface area contributed by atoms with E-state index in [9.17, 15) is 9.90 Å². The monoisotopic (exact) mass is 206 g/mol. The van der Waals surface area contributed by atoms with Gasteiger partial charge in [0.05, 0.1) is 5.56 Å². The van der Waals surface area contributed by atoms with Crippen LogP contribution in [0.1, 0.15) is 43.5 Å². The number of Topliss-reactive ketones (excluding diaryl/α,β-unsaturated/α-hetero) is 1. The summed E-state index contributed by atoms with van der Waals surface area (Å²) in [6.07, 6.45) is 2.47. The molecule has 0 amide bonds. The molecule has 0 aliphatic heterocycles. The van der Waals surface area contributed by atoms with Gasteiger partial charge < -0.3 is 5.11 Å². The zero-order valence-corrected chi connectivity index (χ0v) is 9.36. The molecule has 0 unspecified atom stereocenters. The fraction of sp³-hybridized carbons (Fsp3) is 0.462. The van der Waals surface area contributed by atoms with Crippen molar-refractivity contribution in [2.45, 2.75) is 33.1 Å². The molecular formula is C13H18O2. The second-order valence-corrected chi connectivity index (χ2v) is 4.23. The third-order valence-electron chi connectivity index (χ3n) is 2.39. The fourth-order valence-electron chi connectivity index (χ4n) is 1.51. The molecule has 1 aromatic carbocycles. The molecule has 0 heterocycles. The van der Waals surface area contributed by atoms with Crippen LogP contribution < -0.4 is 0 Å². The van der Waals surface area contributed by atoms with Gasteiger partial charge in [-0.25, -0.2) is 0 Å². The molecule has 2 nitrogen and oxygen atoms in total. The van der Waals surface area contributed by atoms with E-state index in [1.54, 1.807) is 24.3 Å². The first-order chi connectivity index (χ1) is 7.11. The third kappa shape index (κ3) is 3.74. The van der Waals surface area contributed by atoms with Gasteiger partial charge in [-0.2, -0.15) is 0 Å². The molecule has 15 heavy (non-hydrogen) atoms. The molecule has 82 valence electrons. The molecule has 0 aliphatic rings. The van der Waals surface area contributed by atoms with Crippen molar-refractivity contribution < 1.29 is 9.90 Å². The van der Waals surface area contributed by atoms with Crippen LogP contribution >= 0.6 is 0 Å². The van der Waals surface area contributed by atoms with Gasteiger partial charge in [0.1, 0.15) is 5.75 Å². The second-order valence-electron chi connectivity index (χ2n) is 4.23. The van der Waals surface area contributed by atoms with Crippen molar-refractivity contribution in [2.24, 2.45) is 5.92 Å². The van der Waals surface area contributed by atoms with Crippen molar-refractivity contribution in [3.05, 3.63) is 29.8 Å². The number of ketones is 1. The summed E-state index contributed by atoms with van der Waals surface area (Å²) in [5.74, 6) is 0.753. The zero-order chi connectivity index (χ0) is 11.3. The van der Waals surface area contributed by atoms with Crippen LogP contribution in [0.3, 0.4) is 0 Å². The van der Waals surface area contributed by atoms with Crippen molar-refractivity contribution in [3.8, 4) is 5.75 Å². The molecule has 1 N–H and O–H groups in total. The number of rotatable bonds is 5. The SMILES string of the molecule is CC(C)CCCC(=O)c1ccccc1O. The van der Waals surface area contributed by atoms with Crippen LogP contribution in [0.5, 0.6) is 5.75 Å². The average molecular weight is 206 g/mol. The summed E-state index contributed by atoms with van der Waals surface area (Å²) >= 11 is 0. The molecule has 0 saturated heterocycles. The van der Waals surface area contributed by atoms with Gasteiger partial charge in [-0.1, -0.05) is 32.4 Å². The minimum atomic E-state index is 0.0359. The number of benzene rings is 1. The molecule has 0 saturated carbocycles. The van der Waals surface area contributed by atoms with E-state index < -0.39 is 0 Å². The molecule has 0 atom stereocenters. The van der Waals surface area contributed by atoms with Crippen LogP contribution in [0.25, 0.3) is 0 Å². The summed E-state index contributed by atoms with van der Waals surface area (Å²) < 4.78 is 0. The highest BCUT2D eigenvalue weighted by molar-refractivity contribution is 5.98. The van der Waals surface area contributed by atoms with E-state index >= 15 is 0 Å². The van der Waals surface area contributed by atoms with Gasteiger partial charge in [-0.3, -0.25) is 4.79 Å². The van der Waals surface area contributed by atoms with Crippen LogP contribution in [-0.4, -0.2) is 10.9 Å². The summed E-state index contributed by atoms with van der Waals surface area (Å²) in [6, 6.07) is 6.72. The van der Waals surface area contributed by atoms with Gasteiger partial charge in [-0.05, 0) is 24.5 Å². The third-order valence-corrected chi connectivity index (χ3v) is 2.39. The van der Waals surface area contributed by atoms with Crippen molar-refractivity contribution in [3.63, 3.8) is 0 Å². The number of para-hydroxylation sites is 1. The standard InChI is InChI=1S/C13H18O2/c1-10(2)6-5-9-13(15)11-7-3-4-8-12(11)14/h3-4,7-8,10,14H,5-6,9H2,1-2H3. The topological polar surface area (TPSA) is 37.3 Å². The predicted octanol–water partition coefficient (Wildman–Crippen LogP) is 3.40. The van der Waals surface area contributed by atoms with Crippen molar-refractivity contribution in [1.29, 1.82) is 0 Å². The quantitative estimate of drug-likeness (QED) is 0.750. The maximum Gasteiger partial charge on any atom is 0.166 e. The highest BCUT2D eigenvalue weighted by Crippen LogP contribution is 2.19. The van der Waals surface area contributed by atoms with E-state index in [0.29, 0.717) is 17.9 Å². The number of hydrogen-bond acceptors (Lipinski definition) is 2. The highest BCUT2D eigenvalue weighted by atomic mass is 16.3. The molecule has 0 radical (unpaired) electrons. The number of hydrogen-bond donors (Lipinski definition) is 1. The van der Waals surface area contributed by atoms with E-state index in [2.05, 4.69) is 13.8 Å². The van der Waals surface area contributed by atoms with Crippen LogP contribution in [0.15, 0.2) is 24.3 Å². The normalized spacial score (nSPS) is 10.6. The number of carbonyl (C=O) groups excluding carboxylic acids is 1. The minimum absolute atomic E-state index is 0.0359. The highest BCUT2D eigenvalue weighted by Gasteiger charge is 2.09. The Morgan fingerprint density at radius 3 is 2.60 bits per heavy atom. The van der Waals surface area contributed by atoms with Gasteiger partial charge in [0.25, 0.3) is 0 Å². The molecule has 0 spiro atoms. The zero-order valence-electron chi connectivity index (χ0n) is 9.36. The predicted molar refractivity (Wildman–Crippen MR) is 61.1 cm³/mol. The van der Waals surface area contributed by atoms with Crippen molar-refractivity contribution >= 4 is 5.78 Å². The Kier molecular flexibility index (Phi) is 4.35. The Hall–Kier alpha value is -1.31. The number of phenolic OH excluding ortho intramolecular Hbond substituents is 1. The van der Waals surface area contributed by atoms with Crippen molar-refractivity contribution in [2.75, 3.05) is 0 Å². The first kappa shape index (κ1) is 11.8. The van der Waals surface area contributed by atoms with E-state index in [-0.39, 0.29) is 11.5 Å². The van der Waals surface area contributed by atoms with Crippen LogP contribution in [-0.2, 0) is 0 Å². The van der Waals surface area contributed by atoms with E-state index in [0.717, 1.165) is 12.8 Å². The lowest BCUT2D eigenvalue weighted by atomic mass is 10.0. The Balaban J connectivity index is 2.51. The Morgan fingerprint density at radius 1 is 1.33 bits per heavy atom. The number of aromatic hydroxyl groups is 1. The second kappa shape index (κ2) is 5.54. The lowest BCUT2D eigenvalue weighted by molar-refractivity contribution is 0.0975. The molecular weight excluding hydrogens is 188 g/mol. The lowest BCUT2D eigenvalue weighted by Crippen LogP contribution is -2.00. The maximum atomic E-state index is 11.7. The first-order valence-corrected chi connectivity index (χ1v) is 5.42. The first-order valence-electron chi connectivity index (χ1n) is 5.42. The molecule has 0 bridgehead atoms. The summed E-state index contributed by atoms with van der Waals surface area (Å²) in [6.45, 7) is 4.29. The largest absolute Gasteiger partial charge is 0.507 e. The van der Waals surface area contributed by atoms with Crippen LogP contribution in [0, 0.1) is 5.92 Å². The number of carbonyl (C=O) groups is 1. The fourth-order valence-corrected chi connectivity index (χ4v) is 1.51. The minimum Gasteiger partial charge on any atom is -0.507 e. The Labute approximate surface area is 90.9 Å². The summed E-state index contributed by atoms with van der Waals surface area (Å²) in [5, 5.41) is 9.47. The van der Waals surface area contributed by atoms with E-state index in [1.165, 1.54) is 0 Å². The molecule has 1 aromatic rings. The molecule has 0 aliphatic carbocycles. The van der Waals surface area contributed by atoms with Crippen LogP contribution in [0.2, 0.25) is 0 Å². The summed E-state index contributed by atoms with van der Waals surface area (Å²) in [5.41, 5.74) is 0.446. The van der Waals surface area contributed by atoms with Gasteiger partial charge in [-0.15, -0.1) is 0 Å². The van der Waals surface area contributed by atoms with Gasteiger partial charge >= 0.3 is 0 Å². The smallest absolute Gasteiger partial charge is 0.166 e. The van der Waals surface area contributed by atoms with Gasteiger partial charge in [0.15, 0.2) is 5.78 Å². The Bertz CT molecular complexity index is 329. The summed E-state index contributed by atoms with van der Waals surface area (Å²) in [4.78, 5) is 11.7. The van der Waals surface area contributed by atoms with Crippen molar-refractivity contribution in [1.82, 2.24) is 0 Å². The van der Waals surface area contributed by atoms with E-state index in [4.69, 9.17) is 0 Å². The van der Waals surface area contributed by atoms with Crippen LogP contribution in [0.4, 0.5) is 0 Å². The summed E-state index contributed by atoms with van der Waals surface area (Å²) in [7, 11) is 0. The Morgan fingerprint density at radius 2 is 2.00 bits per heavy atom. The molecule has 0 fully saturated rings. The number of phenols is 1. The average Bonchev–Trinajstić information content (AvgIpc) is 2.17. The lowest BCUT2D eigenvalue weighted by Gasteiger charge is -2.05. The molecule has 2 heteroatoms. The molecule has 1 rings (SSSR count). The van der Waals surface area contributed by atoms with E-state index in [1.807, 2.05) is 0 Å². The maximum absolute atomic E-state index is 11.7. The van der Waals surface area contributed by atoms with Gasteiger partial charge in [0, 0.05) is 6.42 Å². The molecule has 0 aromatic heterocycles. The van der Waals surface area contributed by atoms with Gasteiger partial charge in [0.2, 0.25) is 0 Å².